The standard InChI is InChI=1S/C12H20O11/c13-1-4(15)7(17)8(18)5(16)3-22-12-11(21)10(20)9(19)6(2-14)23-12/h5-9,11-14,16-19,21H,1-3H2/t5-,6-,7-,8-,9-,11-,12+/m1/s1. The Bertz CT molecular complexity index is 414. The summed E-state index contributed by atoms with van der Waals surface area (Å²) in [5.74, 6) is -2.17. The van der Waals surface area contributed by atoms with Gasteiger partial charge >= 0.3 is 0 Å². The number of ether oxygens (including phenoxy) is 2. The zero-order chi connectivity index (χ0) is 17.7. The van der Waals surface area contributed by atoms with Crippen molar-refractivity contribution in [2.75, 3.05) is 19.8 Å². The van der Waals surface area contributed by atoms with Crippen molar-refractivity contribution in [1.82, 2.24) is 0 Å². The van der Waals surface area contributed by atoms with Gasteiger partial charge in [0, 0.05) is 0 Å². The first kappa shape index (κ1) is 20.0. The quantitative estimate of drug-likeness (QED) is 0.223. The summed E-state index contributed by atoms with van der Waals surface area (Å²) >= 11 is 0. The van der Waals surface area contributed by atoms with E-state index in [-0.39, 0.29) is 0 Å². The number of aliphatic hydroxyl groups is 7. The van der Waals surface area contributed by atoms with E-state index in [1.54, 1.807) is 0 Å². The summed E-state index contributed by atoms with van der Waals surface area (Å²) in [5, 5.41) is 64.9. The summed E-state index contributed by atoms with van der Waals surface area (Å²) < 4.78 is 9.82. The maximum absolute atomic E-state index is 11.5. The molecule has 0 amide bonds. The number of rotatable bonds is 8. The van der Waals surface area contributed by atoms with E-state index in [9.17, 15) is 35.1 Å². The fraction of sp³-hybridized carbons (Fsp3) is 0.833. The Morgan fingerprint density at radius 1 is 1.17 bits per heavy atom. The van der Waals surface area contributed by atoms with Gasteiger partial charge in [0.15, 0.2) is 24.0 Å². The average Bonchev–Trinajstić information content (AvgIpc) is 2.56. The zero-order valence-corrected chi connectivity index (χ0v) is 11.9. The molecular weight excluding hydrogens is 320 g/mol. The third kappa shape index (κ3) is 4.73. The van der Waals surface area contributed by atoms with Crippen molar-refractivity contribution in [3.05, 3.63) is 0 Å². The van der Waals surface area contributed by atoms with Crippen molar-refractivity contribution in [2.45, 2.75) is 42.9 Å². The van der Waals surface area contributed by atoms with Gasteiger partial charge in [-0.2, -0.15) is 0 Å². The second-order valence-electron chi connectivity index (χ2n) is 4.98. The van der Waals surface area contributed by atoms with Crippen molar-refractivity contribution in [2.24, 2.45) is 0 Å². The number of ketones is 2. The van der Waals surface area contributed by atoms with E-state index < -0.39 is 74.3 Å². The molecule has 0 unspecified atom stereocenters. The molecule has 134 valence electrons. The Hall–Kier alpha value is -1.02. The fourth-order valence-corrected chi connectivity index (χ4v) is 1.87. The summed E-state index contributed by atoms with van der Waals surface area (Å²) in [5.41, 5.74) is 0. The van der Waals surface area contributed by atoms with E-state index >= 15 is 0 Å². The molecule has 0 aromatic carbocycles. The van der Waals surface area contributed by atoms with Crippen LogP contribution in [0.2, 0.25) is 0 Å². The second-order valence-corrected chi connectivity index (χ2v) is 4.98. The summed E-state index contributed by atoms with van der Waals surface area (Å²) in [6, 6.07) is 0. The van der Waals surface area contributed by atoms with Gasteiger partial charge in [-0.1, -0.05) is 0 Å². The molecular formula is C12H20O11. The summed E-state index contributed by atoms with van der Waals surface area (Å²) in [6.07, 6.45) is -12.4. The molecule has 23 heavy (non-hydrogen) atoms. The molecule has 0 aromatic rings. The van der Waals surface area contributed by atoms with Gasteiger partial charge in [0.2, 0.25) is 0 Å². The molecule has 0 aromatic heterocycles. The van der Waals surface area contributed by atoms with Gasteiger partial charge in [0.25, 0.3) is 0 Å². The average molecular weight is 340 g/mol. The molecule has 7 N–H and O–H groups in total. The Morgan fingerprint density at radius 3 is 2.30 bits per heavy atom. The highest BCUT2D eigenvalue weighted by atomic mass is 16.7. The van der Waals surface area contributed by atoms with Crippen molar-refractivity contribution in [3.8, 4) is 0 Å². The highest BCUT2D eigenvalue weighted by molar-refractivity contribution is 5.88. The molecule has 1 aliphatic rings. The fourth-order valence-electron chi connectivity index (χ4n) is 1.87. The monoisotopic (exact) mass is 340 g/mol. The lowest BCUT2D eigenvalue weighted by Gasteiger charge is -2.35. The first-order valence-electron chi connectivity index (χ1n) is 6.70. The normalized spacial score (nSPS) is 32.4. The molecule has 11 heteroatoms. The van der Waals surface area contributed by atoms with Crippen LogP contribution in [0.3, 0.4) is 0 Å². The first-order chi connectivity index (χ1) is 10.7. The number of aliphatic hydroxyl groups excluding tert-OH is 7. The van der Waals surface area contributed by atoms with E-state index in [4.69, 9.17) is 19.7 Å². The van der Waals surface area contributed by atoms with E-state index in [1.807, 2.05) is 0 Å². The molecule has 0 aliphatic carbocycles. The SMILES string of the molecule is O=C(CO)[C@@H](O)[C@H](O)[C@H](O)CO[C@H]1O[C@H](CO)[C@@H](O)C(=O)[C@H]1O. The first-order valence-corrected chi connectivity index (χ1v) is 6.70. The van der Waals surface area contributed by atoms with Crippen molar-refractivity contribution in [1.29, 1.82) is 0 Å². The molecule has 7 atom stereocenters. The van der Waals surface area contributed by atoms with E-state index in [0.717, 1.165) is 0 Å². The molecule has 1 heterocycles. The van der Waals surface area contributed by atoms with Crippen LogP contribution in [0.25, 0.3) is 0 Å². The van der Waals surface area contributed by atoms with Gasteiger partial charge in [-0.05, 0) is 0 Å². The van der Waals surface area contributed by atoms with Crippen LogP contribution in [0.15, 0.2) is 0 Å². The molecule has 0 saturated carbocycles. The van der Waals surface area contributed by atoms with Crippen LogP contribution in [0.4, 0.5) is 0 Å². The van der Waals surface area contributed by atoms with Gasteiger partial charge in [-0.15, -0.1) is 0 Å². The Balaban J connectivity index is 2.59. The topological polar surface area (TPSA) is 194 Å². The summed E-state index contributed by atoms with van der Waals surface area (Å²) in [4.78, 5) is 22.5. The Kier molecular flexibility index (Phi) is 7.60. The molecule has 1 fully saturated rings. The van der Waals surface area contributed by atoms with Gasteiger partial charge in [-0.3, -0.25) is 9.59 Å². The molecule has 0 radical (unpaired) electrons. The largest absolute Gasteiger partial charge is 0.394 e. The Labute approximate surface area is 130 Å². The molecule has 1 saturated heterocycles. The third-order valence-electron chi connectivity index (χ3n) is 3.32. The Morgan fingerprint density at radius 2 is 1.78 bits per heavy atom. The minimum Gasteiger partial charge on any atom is -0.394 e. The van der Waals surface area contributed by atoms with Crippen molar-refractivity contribution >= 4 is 11.6 Å². The van der Waals surface area contributed by atoms with Crippen LogP contribution in [0.5, 0.6) is 0 Å². The zero-order valence-electron chi connectivity index (χ0n) is 11.9. The molecule has 0 spiro atoms. The van der Waals surface area contributed by atoms with E-state index in [1.165, 1.54) is 0 Å². The van der Waals surface area contributed by atoms with Crippen molar-refractivity contribution in [3.63, 3.8) is 0 Å². The second kappa shape index (κ2) is 8.73. The van der Waals surface area contributed by atoms with Gasteiger partial charge in [-0.25, -0.2) is 0 Å². The molecule has 11 nitrogen and oxygen atoms in total. The van der Waals surface area contributed by atoms with Gasteiger partial charge in [0.05, 0.1) is 13.2 Å². The number of Topliss-reactive ketones (excluding diaryl/α,β-unsaturated/α-hetero) is 2. The van der Waals surface area contributed by atoms with Crippen molar-refractivity contribution < 1.29 is 54.8 Å². The minimum absolute atomic E-state index is 0.728. The number of carbonyl (C=O) groups is 2. The van der Waals surface area contributed by atoms with Gasteiger partial charge < -0.3 is 45.2 Å². The van der Waals surface area contributed by atoms with Crippen LogP contribution in [-0.4, -0.2) is 110 Å². The highest BCUT2D eigenvalue weighted by Crippen LogP contribution is 2.19. The lowest BCUT2D eigenvalue weighted by molar-refractivity contribution is -0.263. The maximum Gasteiger partial charge on any atom is 0.197 e. The van der Waals surface area contributed by atoms with E-state index in [0.29, 0.717) is 0 Å². The number of carbonyl (C=O) groups excluding carboxylic acids is 2. The molecule has 1 aliphatic heterocycles. The predicted octanol–water partition coefficient (Wildman–Crippen LogP) is -5.34. The van der Waals surface area contributed by atoms with Crippen LogP contribution in [0, 0.1) is 0 Å². The lowest BCUT2D eigenvalue weighted by atomic mass is 10.0. The summed E-state index contributed by atoms with van der Waals surface area (Å²) in [6.45, 7) is -2.52. The predicted molar refractivity (Wildman–Crippen MR) is 68.8 cm³/mol. The van der Waals surface area contributed by atoms with Crippen LogP contribution < -0.4 is 0 Å². The highest BCUT2D eigenvalue weighted by Gasteiger charge is 2.44. The van der Waals surface area contributed by atoms with Crippen LogP contribution in [-0.2, 0) is 19.1 Å². The van der Waals surface area contributed by atoms with Crippen LogP contribution in [0.1, 0.15) is 0 Å². The molecule has 0 bridgehead atoms. The van der Waals surface area contributed by atoms with Crippen LogP contribution >= 0.6 is 0 Å². The lowest BCUT2D eigenvalue weighted by Crippen LogP contribution is -2.57. The van der Waals surface area contributed by atoms with Gasteiger partial charge in [0.1, 0.15) is 37.1 Å². The minimum atomic E-state index is -2.05. The van der Waals surface area contributed by atoms with E-state index in [2.05, 4.69) is 0 Å². The number of hydrogen-bond donors (Lipinski definition) is 7. The third-order valence-corrected chi connectivity index (χ3v) is 3.32. The molecule has 1 rings (SSSR count). The smallest absolute Gasteiger partial charge is 0.197 e. The number of hydrogen-bond acceptors (Lipinski definition) is 11. The maximum atomic E-state index is 11.5. The summed E-state index contributed by atoms with van der Waals surface area (Å²) in [7, 11) is 0.